The third-order valence-corrected chi connectivity index (χ3v) is 13.5. The Hall–Kier alpha value is -7.57. The lowest BCUT2D eigenvalue weighted by Gasteiger charge is -2.28. The normalized spacial score (nSPS) is 24.8. The minimum Gasteiger partial charge on any atom is -0.481 e. The number of nitrogens with zero attached hydrogens (tertiary/aromatic N) is 2. The SMILES string of the molecule is CSCC[C@@H]1NC(=O)[C@H](CCCN=C(N)N)NC(=O)[C@H](CCC(=O)O)NC(=O)[C@H]([C@@H](C)O)NC(=O)CCCCCCNC(=O)[C@H](CC(C)C)NC(=O)[C@H](CC(N)=O)NC(=O)[C@H](Cc2cnc[nH]2)NC(=O)[C@H](CC(C)C)NC(=O)[C@H](C)NC1=O. The molecule has 0 saturated carbocycles. The average molecular weight is 1190 g/mol. The second kappa shape index (κ2) is 37.5. The van der Waals surface area contributed by atoms with Crippen molar-refractivity contribution < 1.29 is 67.7 Å². The Kier molecular flexibility index (Phi) is 32.3. The van der Waals surface area contributed by atoms with Crippen molar-refractivity contribution in [2.75, 3.05) is 25.1 Å². The van der Waals surface area contributed by atoms with Gasteiger partial charge in [-0.2, -0.15) is 11.8 Å². The van der Waals surface area contributed by atoms with E-state index in [2.05, 4.69) is 68.1 Å². The second-order valence-corrected chi connectivity index (χ2v) is 22.3. The monoisotopic (exact) mass is 1190 g/mol. The number of thioether (sulfide) groups is 1. The Morgan fingerprint density at radius 1 is 0.639 bits per heavy atom. The maximum Gasteiger partial charge on any atom is 0.303 e. The van der Waals surface area contributed by atoms with Crippen molar-refractivity contribution in [1.82, 2.24) is 63.1 Å². The van der Waals surface area contributed by atoms with Crippen molar-refractivity contribution in [1.29, 1.82) is 0 Å². The largest absolute Gasteiger partial charge is 0.481 e. The van der Waals surface area contributed by atoms with Gasteiger partial charge in [0, 0.05) is 44.2 Å². The molecule has 19 N–H and O–H groups in total. The molecule has 0 spiro atoms. The molecule has 1 saturated heterocycles. The highest BCUT2D eigenvalue weighted by molar-refractivity contribution is 7.98. The van der Waals surface area contributed by atoms with Gasteiger partial charge in [0.15, 0.2) is 5.96 Å². The zero-order valence-electron chi connectivity index (χ0n) is 48.4. The summed E-state index contributed by atoms with van der Waals surface area (Å²) in [5, 5.41) is 45.9. The Morgan fingerprint density at radius 2 is 1.14 bits per heavy atom. The molecule has 2 rings (SSSR count). The first kappa shape index (κ1) is 71.5. The number of nitrogens with two attached hydrogens (primary N) is 3. The molecular formula is C52H88N16O14S. The number of nitrogens with one attached hydrogen (secondary N) is 11. The molecule has 30 nitrogen and oxygen atoms in total. The number of hydrogen-bond donors (Lipinski definition) is 16. The molecule has 466 valence electrons. The number of aliphatic imine (C=N–C) groups is 1. The third-order valence-electron chi connectivity index (χ3n) is 12.9. The van der Waals surface area contributed by atoms with Crippen molar-refractivity contribution in [2.45, 2.75) is 192 Å². The van der Waals surface area contributed by atoms with Gasteiger partial charge in [0.25, 0.3) is 0 Å². The standard InChI is InChI=1S/C52H88N16O14S/c1-27(2)21-35-44(75)57-18-11-9-8-10-14-40(71)68-42(30(6)69)51(82)63-33(15-16-41(72)73)47(78)61-32(13-12-19-58-52(54)55)46(77)62-34(17-20-83-7)45(76)60-29(5)43(74)64-36(22-28(3)4)48(79)66-37(23-31-25-56-26-59-31)49(80)67-38(24-39(53)70)50(81)65-35/h25-30,32-38,42,69H,8-24H2,1-7H3,(H2,53,70)(H,56,59)(H,57,75)(H,60,76)(H,61,78)(H,62,77)(H,63,82)(H,64,74)(H,65,81)(H,66,79)(H,67,80)(H,68,71)(H,72,73)(H4,54,55,58)/t29-,30+,32-,33-,34-,35-,36-,37-,38-,42-/m0/s1. The summed E-state index contributed by atoms with van der Waals surface area (Å²) < 4.78 is 0. The Balaban J connectivity index is 2.68. The minimum atomic E-state index is -1.64. The van der Waals surface area contributed by atoms with Gasteiger partial charge in [-0.05, 0) is 89.1 Å². The number of amides is 11. The zero-order chi connectivity index (χ0) is 62.3. The summed E-state index contributed by atoms with van der Waals surface area (Å²) in [4.78, 5) is 174. The van der Waals surface area contributed by atoms with Crippen LogP contribution in [0, 0.1) is 11.8 Å². The number of imidazole rings is 1. The van der Waals surface area contributed by atoms with Crippen LogP contribution >= 0.6 is 11.8 Å². The van der Waals surface area contributed by atoms with Crippen LogP contribution in [-0.4, -0.2) is 183 Å². The predicted molar refractivity (Wildman–Crippen MR) is 306 cm³/mol. The fourth-order valence-electron chi connectivity index (χ4n) is 8.50. The molecule has 83 heavy (non-hydrogen) atoms. The fraction of sp³-hybridized carbons (Fsp3) is 0.692. The van der Waals surface area contributed by atoms with Crippen LogP contribution < -0.4 is 70.4 Å². The smallest absolute Gasteiger partial charge is 0.303 e. The topological polar surface area (TPSA) is 485 Å². The summed E-state index contributed by atoms with van der Waals surface area (Å²) in [6.07, 6.45) is 2.61. The van der Waals surface area contributed by atoms with Gasteiger partial charge in [-0.1, -0.05) is 40.5 Å². The molecule has 0 aromatic carbocycles. The Labute approximate surface area is 487 Å². The lowest BCUT2D eigenvalue weighted by Crippen LogP contribution is -2.61. The van der Waals surface area contributed by atoms with Crippen LogP contribution in [0.1, 0.15) is 131 Å². The molecule has 1 aliphatic rings. The number of aromatic amines is 1. The van der Waals surface area contributed by atoms with Crippen molar-refractivity contribution >= 4 is 88.7 Å². The summed E-state index contributed by atoms with van der Waals surface area (Å²) in [5.74, 6) is -11.3. The molecule has 0 unspecified atom stereocenters. The molecule has 1 aromatic rings. The third kappa shape index (κ3) is 28.3. The fourth-order valence-corrected chi connectivity index (χ4v) is 8.98. The summed E-state index contributed by atoms with van der Waals surface area (Å²) in [7, 11) is 0. The van der Waals surface area contributed by atoms with Crippen molar-refractivity contribution in [2.24, 2.45) is 34.0 Å². The van der Waals surface area contributed by atoms with Gasteiger partial charge in [0.2, 0.25) is 65.0 Å². The first-order valence-corrected chi connectivity index (χ1v) is 29.2. The van der Waals surface area contributed by atoms with Gasteiger partial charge in [0.05, 0.1) is 18.9 Å². The van der Waals surface area contributed by atoms with Gasteiger partial charge in [-0.3, -0.25) is 62.5 Å². The molecule has 10 atom stereocenters. The van der Waals surface area contributed by atoms with Crippen LogP contribution in [0.4, 0.5) is 0 Å². The number of hydrogen-bond acceptors (Lipinski definition) is 16. The number of carboxylic acids is 1. The van der Waals surface area contributed by atoms with Crippen molar-refractivity contribution in [3.63, 3.8) is 0 Å². The van der Waals surface area contributed by atoms with Gasteiger partial charge in [0.1, 0.15) is 54.4 Å². The van der Waals surface area contributed by atoms with Gasteiger partial charge < -0.3 is 85.6 Å². The molecule has 2 heterocycles. The van der Waals surface area contributed by atoms with E-state index in [1.807, 2.05) is 13.8 Å². The van der Waals surface area contributed by atoms with E-state index in [1.54, 1.807) is 20.1 Å². The first-order valence-electron chi connectivity index (χ1n) is 27.8. The number of aliphatic hydroxyl groups is 1. The summed E-state index contributed by atoms with van der Waals surface area (Å²) in [6.45, 7) is 9.84. The molecule has 1 fully saturated rings. The van der Waals surface area contributed by atoms with Crippen LogP contribution in [0.25, 0.3) is 0 Å². The van der Waals surface area contributed by atoms with Crippen molar-refractivity contribution in [3.05, 3.63) is 18.2 Å². The highest BCUT2D eigenvalue weighted by Crippen LogP contribution is 2.13. The maximum atomic E-state index is 14.2. The number of carbonyl (C=O) groups is 12. The molecule has 11 amide bonds. The number of aromatic nitrogens is 2. The summed E-state index contributed by atoms with van der Waals surface area (Å²) in [6, 6.07) is -13.0. The minimum absolute atomic E-state index is 0.000523. The summed E-state index contributed by atoms with van der Waals surface area (Å²) >= 11 is 1.32. The van der Waals surface area contributed by atoms with Gasteiger partial charge in [-0.15, -0.1) is 0 Å². The van der Waals surface area contributed by atoms with Gasteiger partial charge in [-0.25, -0.2) is 4.98 Å². The van der Waals surface area contributed by atoms with E-state index >= 15 is 0 Å². The molecule has 1 aliphatic heterocycles. The number of rotatable bonds is 19. The number of carbonyl (C=O) groups excluding carboxylic acids is 11. The number of H-pyrrole nitrogens is 1. The maximum absolute atomic E-state index is 14.2. The highest BCUT2D eigenvalue weighted by atomic mass is 32.2. The first-order chi connectivity index (χ1) is 39.1. The number of carboxylic acid groups (broad SMARTS) is 1. The number of primary amides is 1. The van der Waals surface area contributed by atoms with E-state index in [-0.39, 0.29) is 75.8 Å². The lowest BCUT2D eigenvalue weighted by atomic mass is 10.0. The zero-order valence-corrected chi connectivity index (χ0v) is 49.2. The highest BCUT2D eigenvalue weighted by Gasteiger charge is 2.36. The van der Waals surface area contributed by atoms with E-state index in [4.69, 9.17) is 17.2 Å². The second-order valence-electron chi connectivity index (χ2n) is 21.3. The molecule has 0 bridgehead atoms. The van der Waals surface area contributed by atoms with Crippen LogP contribution in [0.3, 0.4) is 0 Å². The van der Waals surface area contributed by atoms with Crippen LogP contribution in [0.2, 0.25) is 0 Å². The molecule has 31 heteroatoms. The van der Waals surface area contributed by atoms with E-state index in [1.165, 1.54) is 38.1 Å². The number of guanidine groups is 1. The van der Waals surface area contributed by atoms with Crippen LogP contribution in [0.5, 0.6) is 0 Å². The average Bonchev–Trinajstić information content (AvgIpc) is 3.95. The van der Waals surface area contributed by atoms with E-state index in [0.29, 0.717) is 37.1 Å². The van der Waals surface area contributed by atoms with Crippen molar-refractivity contribution in [3.8, 4) is 0 Å². The quantitative estimate of drug-likeness (QED) is 0.0362. The number of aliphatic hydroxyl groups excluding tert-OH is 1. The van der Waals surface area contributed by atoms with Gasteiger partial charge >= 0.3 is 5.97 Å². The van der Waals surface area contributed by atoms with E-state index in [9.17, 15) is 67.7 Å². The molecule has 0 aliphatic carbocycles. The summed E-state index contributed by atoms with van der Waals surface area (Å²) in [5.41, 5.74) is 16.9. The van der Waals surface area contributed by atoms with Crippen LogP contribution in [-0.2, 0) is 64.0 Å². The molecule has 0 radical (unpaired) electrons. The molecule has 1 aromatic heterocycles. The molecular weight excluding hydrogens is 1100 g/mol. The Morgan fingerprint density at radius 3 is 1.71 bits per heavy atom. The number of aliphatic carboxylic acids is 1. The lowest BCUT2D eigenvalue weighted by molar-refractivity contribution is -0.139. The predicted octanol–water partition coefficient (Wildman–Crippen LogP) is -3.56. The Bertz CT molecular complexity index is 2370. The van der Waals surface area contributed by atoms with E-state index in [0.717, 1.165) is 0 Å². The van der Waals surface area contributed by atoms with Crippen LogP contribution in [0.15, 0.2) is 17.5 Å². The van der Waals surface area contributed by atoms with E-state index < -0.39 is 151 Å².